The third-order valence-corrected chi connectivity index (χ3v) is 19.6. The number of benzene rings is 9. The standard InChI is InChI=1S/C63H54BNOSi/c1-41-34-56-61-58(35-41)66-57-38-46(63(5,6)7)30-32-52(57)64(61)53-40-60-51(49-28-17-18-29-59(49)67(60,47-24-13-9-14-25-47)48-26-15-10-16-27-48)39-55(53)65(56)54-33-31-45(62(2,3)4)37-50(54)44-23-19-22-43(36-44)42-20-11-8-12-21-42/h8-40H,1-7H3. The van der Waals surface area contributed by atoms with Gasteiger partial charge in [0.25, 0.3) is 6.71 Å². The van der Waals surface area contributed by atoms with Gasteiger partial charge in [-0.3, -0.25) is 0 Å². The molecule has 9 aromatic carbocycles. The lowest BCUT2D eigenvalue weighted by Gasteiger charge is -2.42. The van der Waals surface area contributed by atoms with E-state index in [4.69, 9.17) is 4.74 Å². The summed E-state index contributed by atoms with van der Waals surface area (Å²) in [5.74, 6) is 1.89. The van der Waals surface area contributed by atoms with Crippen molar-refractivity contribution in [3.05, 3.63) is 217 Å². The van der Waals surface area contributed by atoms with Crippen LogP contribution in [0.4, 0.5) is 17.1 Å². The van der Waals surface area contributed by atoms with E-state index in [0.29, 0.717) is 0 Å². The molecule has 0 unspecified atom stereocenters. The number of aryl methyl sites for hydroxylation is 1. The number of ether oxygens (including phenoxy) is 1. The molecule has 3 heterocycles. The first-order valence-corrected chi connectivity index (χ1v) is 25.9. The van der Waals surface area contributed by atoms with Crippen LogP contribution in [0.5, 0.6) is 11.5 Å². The normalized spacial score (nSPS) is 14.1. The fraction of sp³-hybridized carbons (Fsp3) is 0.143. The summed E-state index contributed by atoms with van der Waals surface area (Å²) in [6.07, 6.45) is 0. The molecule has 3 aliphatic heterocycles. The van der Waals surface area contributed by atoms with Crippen LogP contribution in [0.1, 0.15) is 58.2 Å². The van der Waals surface area contributed by atoms with Crippen LogP contribution in [-0.2, 0) is 10.8 Å². The molecule has 9 aromatic rings. The van der Waals surface area contributed by atoms with Gasteiger partial charge < -0.3 is 9.64 Å². The van der Waals surface area contributed by atoms with Gasteiger partial charge in [0.2, 0.25) is 0 Å². The molecule has 324 valence electrons. The third-order valence-electron chi connectivity index (χ3n) is 14.7. The van der Waals surface area contributed by atoms with Gasteiger partial charge in [0.05, 0.1) is 5.69 Å². The molecule has 0 N–H and O–H groups in total. The second-order valence-electron chi connectivity index (χ2n) is 21.0. The molecule has 0 aliphatic carbocycles. The molecule has 3 aliphatic rings. The van der Waals surface area contributed by atoms with Crippen LogP contribution in [-0.4, -0.2) is 14.8 Å². The molecule has 2 nitrogen and oxygen atoms in total. The predicted octanol–water partition coefficient (Wildman–Crippen LogP) is 11.7. The summed E-state index contributed by atoms with van der Waals surface area (Å²) in [4.78, 5) is 2.60. The molecule has 0 saturated heterocycles. The van der Waals surface area contributed by atoms with Crippen LogP contribution in [0, 0.1) is 6.92 Å². The van der Waals surface area contributed by atoms with Crippen molar-refractivity contribution in [1.82, 2.24) is 0 Å². The Morgan fingerprint density at radius 2 is 1.03 bits per heavy atom. The van der Waals surface area contributed by atoms with Crippen LogP contribution in [0.15, 0.2) is 200 Å². The minimum absolute atomic E-state index is 0.0334. The molecule has 0 saturated carbocycles. The number of fused-ring (bicyclic) bond motifs is 7. The fourth-order valence-corrected chi connectivity index (χ4v) is 16.7. The van der Waals surface area contributed by atoms with E-state index in [1.807, 2.05) is 0 Å². The second-order valence-corrected chi connectivity index (χ2v) is 24.7. The third kappa shape index (κ3) is 6.44. The van der Waals surface area contributed by atoms with Gasteiger partial charge in [0.1, 0.15) is 11.5 Å². The number of rotatable bonds is 5. The highest BCUT2D eigenvalue weighted by atomic mass is 28.3. The number of hydrogen-bond donors (Lipinski definition) is 0. The minimum atomic E-state index is -2.83. The van der Waals surface area contributed by atoms with E-state index < -0.39 is 8.07 Å². The number of anilines is 3. The van der Waals surface area contributed by atoms with E-state index in [9.17, 15) is 0 Å². The molecule has 4 heteroatoms. The van der Waals surface area contributed by atoms with E-state index in [-0.39, 0.29) is 17.5 Å². The zero-order valence-electron chi connectivity index (χ0n) is 39.5. The Morgan fingerprint density at radius 3 is 1.73 bits per heavy atom. The van der Waals surface area contributed by atoms with Crippen molar-refractivity contribution in [3.8, 4) is 44.9 Å². The van der Waals surface area contributed by atoms with Crippen molar-refractivity contribution in [3.63, 3.8) is 0 Å². The molecule has 12 rings (SSSR count). The lowest BCUT2D eigenvalue weighted by Crippen LogP contribution is -2.73. The average molecular weight is 880 g/mol. The molecular formula is C63H54BNOSi. The number of nitrogens with zero attached hydrogens (tertiary/aromatic N) is 1. The Labute approximate surface area is 397 Å². The lowest BCUT2D eigenvalue weighted by atomic mass is 9.34. The molecule has 0 radical (unpaired) electrons. The maximum atomic E-state index is 7.19. The van der Waals surface area contributed by atoms with Gasteiger partial charge in [0.15, 0.2) is 8.07 Å². The van der Waals surface area contributed by atoms with Crippen molar-refractivity contribution in [2.24, 2.45) is 0 Å². The van der Waals surface area contributed by atoms with Gasteiger partial charge in [0, 0.05) is 16.9 Å². The van der Waals surface area contributed by atoms with Gasteiger partial charge in [-0.1, -0.05) is 199 Å². The first-order chi connectivity index (χ1) is 32.4. The Balaban J connectivity index is 1.20. The first-order valence-electron chi connectivity index (χ1n) is 23.9. The topological polar surface area (TPSA) is 12.5 Å². The van der Waals surface area contributed by atoms with Crippen molar-refractivity contribution < 1.29 is 4.74 Å². The molecule has 0 aromatic heterocycles. The maximum absolute atomic E-state index is 7.19. The number of hydrogen-bond acceptors (Lipinski definition) is 2. The average Bonchev–Trinajstić information content (AvgIpc) is 3.63. The van der Waals surface area contributed by atoms with Crippen LogP contribution in [0.25, 0.3) is 33.4 Å². The van der Waals surface area contributed by atoms with Crippen molar-refractivity contribution >= 4 is 69.0 Å². The Bertz CT molecular complexity index is 3380. The van der Waals surface area contributed by atoms with Crippen LogP contribution < -0.4 is 46.8 Å². The molecular weight excluding hydrogens is 826 g/mol. The van der Waals surface area contributed by atoms with E-state index >= 15 is 0 Å². The summed E-state index contributed by atoms with van der Waals surface area (Å²) < 4.78 is 7.19. The van der Waals surface area contributed by atoms with Gasteiger partial charge in [-0.25, -0.2) is 0 Å². The zero-order chi connectivity index (χ0) is 45.8. The molecule has 0 spiro atoms. The summed E-state index contributed by atoms with van der Waals surface area (Å²) in [6, 6.07) is 76.1. The monoisotopic (exact) mass is 879 g/mol. The van der Waals surface area contributed by atoms with Crippen LogP contribution in [0.2, 0.25) is 0 Å². The van der Waals surface area contributed by atoms with Crippen LogP contribution in [0.3, 0.4) is 0 Å². The Kier molecular flexibility index (Phi) is 9.37. The van der Waals surface area contributed by atoms with Gasteiger partial charge in [-0.05, 0) is 142 Å². The lowest BCUT2D eigenvalue weighted by molar-refractivity contribution is 0.483. The van der Waals surface area contributed by atoms with Gasteiger partial charge >= 0.3 is 0 Å². The van der Waals surface area contributed by atoms with Crippen molar-refractivity contribution in [2.45, 2.75) is 59.3 Å². The van der Waals surface area contributed by atoms with E-state index in [2.05, 4.69) is 254 Å². The van der Waals surface area contributed by atoms with Gasteiger partial charge in [-0.15, -0.1) is 0 Å². The predicted molar refractivity (Wildman–Crippen MR) is 288 cm³/mol. The largest absolute Gasteiger partial charge is 0.458 e. The minimum Gasteiger partial charge on any atom is -0.458 e. The Hall–Kier alpha value is -7.14. The quantitative estimate of drug-likeness (QED) is 0.160. The van der Waals surface area contributed by atoms with Crippen LogP contribution >= 0.6 is 0 Å². The molecule has 0 fully saturated rings. The molecule has 0 atom stereocenters. The smallest absolute Gasteiger partial charge is 0.256 e. The zero-order valence-corrected chi connectivity index (χ0v) is 40.5. The first kappa shape index (κ1) is 41.3. The highest BCUT2D eigenvalue weighted by Crippen LogP contribution is 2.48. The fourth-order valence-electron chi connectivity index (χ4n) is 11.5. The maximum Gasteiger partial charge on any atom is 0.256 e. The summed E-state index contributed by atoms with van der Waals surface area (Å²) in [5.41, 5.74) is 18.4. The molecule has 0 bridgehead atoms. The van der Waals surface area contributed by atoms with E-state index in [1.165, 1.54) is 98.6 Å². The second kappa shape index (κ2) is 15.2. The summed E-state index contributed by atoms with van der Waals surface area (Å²) >= 11 is 0. The summed E-state index contributed by atoms with van der Waals surface area (Å²) in [7, 11) is -2.83. The highest BCUT2D eigenvalue weighted by molar-refractivity contribution is 7.22. The highest BCUT2D eigenvalue weighted by Gasteiger charge is 2.51. The summed E-state index contributed by atoms with van der Waals surface area (Å²) in [6.45, 7) is 16.0. The SMILES string of the molecule is Cc1cc2c3c(c1)N(c1ccc(C(C)(C)C)cc1-c1cccc(-c4ccccc4)c1)c1cc4c(cc1B3c1ccc(C(C)(C)C)cc1O2)[Si](c1ccccc1)(c1ccccc1)c1ccccc1-4. The molecule has 0 amide bonds. The van der Waals surface area contributed by atoms with Gasteiger partial charge in [-0.2, -0.15) is 0 Å². The van der Waals surface area contributed by atoms with E-state index in [1.54, 1.807) is 0 Å². The van der Waals surface area contributed by atoms with Crippen molar-refractivity contribution in [1.29, 1.82) is 0 Å². The van der Waals surface area contributed by atoms with E-state index in [0.717, 1.165) is 17.2 Å². The van der Waals surface area contributed by atoms with Crippen molar-refractivity contribution in [2.75, 3.05) is 4.90 Å². The Morgan fingerprint density at radius 1 is 0.418 bits per heavy atom. The molecule has 67 heavy (non-hydrogen) atoms. The summed E-state index contributed by atoms with van der Waals surface area (Å²) in [5, 5.41) is 5.69.